The summed E-state index contributed by atoms with van der Waals surface area (Å²) in [6.07, 6.45) is 12.0. The number of benzene rings is 1. The zero-order valence-corrected chi connectivity index (χ0v) is 18.2. The lowest BCUT2D eigenvalue weighted by atomic mass is 10.0. The van der Waals surface area contributed by atoms with E-state index < -0.39 is 5.91 Å². The highest BCUT2D eigenvalue weighted by atomic mass is 16.5. The molecule has 2 aliphatic rings. The fourth-order valence-electron chi connectivity index (χ4n) is 3.60. The molecule has 0 atom stereocenters. The van der Waals surface area contributed by atoms with Gasteiger partial charge in [0.1, 0.15) is 22.8 Å². The molecule has 7 heteroatoms. The minimum absolute atomic E-state index is 0.102. The number of primary amides is 1. The maximum atomic E-state index is 11.9. The molecule has 1 aliphatic carbocycles. The van der Waals surface area contributed by atoms with Gasteiger partial charge in [-0.05, 0) is 79.5 Å². The fourth-order valence-corrected chi connectivity index (χ4v) is 3.60. The first-order chi connectivity index (χ1) is 16.0. The van der Waals surface area contributed by atoms with E-state index in [-0.39, 0.29) is 17.4 Å². The highest BCUT2D eigenvalue weighted by Gasteiger charge is 2.19. The summed E-state index contributed by atoms with van der Waals surface area (Å²) < 4.78 is 11.8. The van der Waals surface area contributed by atoms with Crippen LogP contribution in [0, 0.1) is 0 Å². The third kappa shape index (κ3) is 5.38. The van der Waals surface area contributed by atoms with Crippen LogP contribution >= 0.6 is 0 Å². The molecule has 1 aromatic heterocycles. The summed E-state index contributed by atoms with van der Waals surface area (Å²) in [6, 6.07) is 10.4. The molecule has 0 radical (unpaired) electrons. The van der Waals surface area contributed by atoms with E-state index in [1.165, 1.54) is 6.08 Å². The fraction of sp³-hybridized carbons (Fsp3) is 0.192. The SMILES string of the molecule is C=CC(=O)N1CC=C(c2ccc(C(N)=O)c(Oc3ccc(OC4=CCCC=C4)cc3)n2)CC1. The van der Waals surface area contributed by atoms with Crippen LogP contribution in [0.25, 0.3) is 5.57 Å². The predicted molar refractivity (Wildman–Crippen MR) is 126 cm³/mol. The third-order valence-electron chi connectivity index (χ3n) is 5.39. The molecule has 0 fully saturated rings. The van der Waals surface area contributed by atoms with Crippen molar-refractivity contribution in [3.8, 4) is 17.4 Å². The first kappa shape index (κ1) is 22.1. The average molecular weight is 444 g/mol. The largest absolute Gasteiger partial charge is 0.458 e. The molecule has 0 saturated carbocycles. The maximum Gasteiger partial charge on any atom is 0.254 e. The Morgan fingerprint density at radius 1 is 1.03 bits per heavy atom. The average Bonchev–Trinajstić information content (AvgIpc) is 2.85. The van der Waals surface area contributed by atoms with Gasteiger partial charge in [-0.25, -0.2) is 4.98 Å². The zero-order valence-electron chi connectivity index (χ0n) is 18.2. The van der Waals surface area contributed by atoms with Gasteiger partial charge in [0.15, 0.2) is 0 Å². The number of amides is 2. The molecular weight excluding hydrogens is 418 g/mol. The van der Waals surface area contributed by atoms with E-state index in [2.05, 4.69) is 17.6 Å². The summed E-state index contributed by atoms with van der Waals surface area (Å²) >= 11 is 0. The van der Waals surface area contributed by atoms with Gasteiger partial charge in [0, 0.05) is 13.1 Å². The van der Waals surface area contributed by atoms with Crippen LogP contribution < -0.4 is 15.2 Å². The van der Waals surface area contributed by atoms with Gasteiger partial charge in [-0.3, -0.25) is 9.59 Å². The summed E-state index contributed by atoms with van der Waals surface area (Å²) in [5, 5.41) is 0. The number of hydrogen-bond donors (Lipinski definition) is 1. The first-order valence-electron chi connectivity index (χ1n) is 10.8. The summed E-state index contributed by atoms with van der Waals surface area (Å²) in [5.74, 6) is 1.41. The van der Waals surface area contributed by atoms with Crippen LogP contribution in [0.4, 0.5) is 0 Å². The van der Waals surface area contributed by atoms with Crippen LogP contribution in [0.15, 0.2) is 79.1 Å². The molecule has 0 unspecified atom stereocenters. The van der Waals surface area contributed by atoms with E-state index in [4.69, 9.17) is 15.2 Å². The van der Waals surface area contributed by atoms with Crippen molar-refractivity contribution in [2.75, 3.05) is 13.1 Å². The van der Waals surface area contributed by atoms with Crippen molar-refractivity contribution in [3.63, 3.8) is 0 Å². The number of carbonyl (C=O) groups excluding carboxylic acids is 2. The number of nitrogens with zero attached hydrogens (tertiary/aromatic N) is 2. The second kappa shape index (κ2) is 9.99. The smallest absolute Gasteiger partial charge is 0.254 e. The van der Waals surface area contributed by atoms with Gasteiger partial charge in [-0.2, -0.15) is 0 Å². The number of aromatic nitrogens is 1. The van der Waals surface area contributed by atoms with Crippen molar-refractivity contribution in [2.24, 2.45) is 5.73 Å². The molecule has 7 nitrogen and oxygen atoms in total. The lowest BCUT2D eigenvalue weighted by Crippen LogP contribution is -2.33. The molecule has 168 valence electrons. The van der Waals surface area contributed by atoms with E-state index in [0.29, 0.717) is 36.7 Å². The Morgan fingerprint density at radius 3 is 2.39 bits per heavy atom. The van der Waals surface area contributed by atoms with Crippen molar-refractivity contribution in [1.29, 1.82) is 0 Å². The molecule has 33 heavy (non-hydrogen) atoms. The van der Waals surface area contributed by atoms with E-state index in [1.54, 1.807) is 41.3 Å². The third-order valence-corrected chi connectivity index (χ3v) is 5.39. The Hall–Kier alpha value is -4.13. The van der Waals surface area contributed by atoms with Crippen LogP contribution in [0.1, 0.15) is 35.3 Å². The lowest BCUT2D eigenvalue weighted by molar-refractivity contribution is -0.125. The van der Waals surface area contributed by atoms with Crippen LogP contribution in [-0.2, 0) is 4.79 Å². The van der Waals surface area contributed by atoms with Crippen molar-refractivity contribution in [2.45, 2.75) is 19.3 Å². The number of pyridine rings is 1. The van der Waals surface area contributed by atoms with Crippen molar-refractivity contribution in [3.05, 3.63) is 90.4 Å². The highest BCUT2D eigenvalue weighted by molar-refractivity contribution is 5.95. The van der Waals surface area contributed by atoms with Crippen LogP contribution in [-0.4, -0.2) is 34.8 Å². The normalized spacial score (nSPS) is 15.3. The van der Waals surface area contributed by atoms with E-state index >= 15 is 0 Å². The number of rotatable bonds is 7. The molecule has 0 saturated heterocycles. The molecule has 0 bridgehead atoms. The Balaban J connectivity index is 1.52. The molecular formula is C26H25N3O4. The topological polar surface area (TPSA) is 94.8 Å². The van der Waals surface area contributed by atoms with Gasteiger partial charge < -0.3 is 20.1 Å². The monoisotopic (exact) mass is 443 g/mol. The van der Waals surface area contributed by atoms with Crippen molar-refractivity contribution in [1.82, 2.24) is 9.88 Å². The molecule has 2 N–H and O–H groups in total. The zero-order chi connectivity index (χ0) is 23.2. The minimum atomic E-state index is -0.625. The molecule has 0 spiro atoms. The van der Waals surface area contributed by atoms with Gasteiger partial charge in [0.25, 0.3) is 5.91 Å². The lowest BCUT2D eigenvalue weighted by Gasteiger charge is -2.25. The summed E-state index contributed by atoms with van der Waals surface area (Å²) in [6.45, 7) is 4.57. The van der Waals surface area contributed by atoms with Crippen LogP contribution in [0.3, 0.4) is 0 Å². The Kier molecular flexibility index (Phi) is 6.69. The van der Waals surface area contributed by atoms with Crippen molar-refractivity contribution < 1.29 is 19.1 Å². The van der Waals surface area contributed by atoms with Gasteiger partial charge in [-0.15, -0.1) is 0 Å². The second-order valence-electron chi connectivity index (χ2n) is 7.64. The molecule has 4 rings (SSSR count). The number of allylic oxidation sites excluding steroid dienone is 3. The van der Waals surface area contributed by atoms with Gasteiger partial charge in [-0.1, -0.05) is 18.7 Å². The predicted octanol–water partition coefficient (Wildman–Crippen LogP) is 4.39. The Bertz CT molecular complexity index is 1160. The number of carbonyl (C=O) groups is 2. The molecule has 2 aromatic rings. The summed E-state index contributed by atoms with van der Waals surface area (Å²) in [4.78, 5) is 30.0. The van der Waals surface area contributed by atoms with E-state index in [9.17, 15) is 9.59 Å². The van der Waals surface area contributed by atoms with E-state index in [0.717, 1.165) is 24.2 Å². The van der Waals surface area contributed by atoms with Gasteiger partial charge >= 0.3 is 0 Å². The van der Waals surface area contributed by atoms with Gasteiger partial charge in [0.2, 0.25) is 11.8 Å². The highest BCUT2D eigenvalue weighted by Crippen LogP contribution is 2.29. The van der Waals surface area contributed by atoms with Gasteiger partial charge in [0.05, 0.1) is 5.69 Å². The molecule has 2 heterocycles. The number of hydrogen-bond acceptors (Lipinski definition) is 5. The van der Waals surface area contributed by atoms with Crippen LogP contribution in [0.5, 0.6) is 17.4 Å². The van der Waals surface area contributed by atoms with Crippen LogP contribution in [0.2, 0.25) is 0 Å². The number of ether oxygens (including phenoxy) is 2. The summed E-state index contributed by atoms with van der Waals surface area (Å²) in [5.41, 5.74) is 7.37. The molecule has 2 amide bonds. The molecule has 1 aliphatic heterocycles. The minimum Gasteiger partial charge on any atom is -0.458 e. The quantitative estimate of drug-likeness (QED) is 0.641. The standard InChI is InChI=1S/C26H25N3O4/c1-2-24(30)29-16-14-18(15-17-29)23-13-12-22(25(27)31)26(28-23)33-21-10-8-20(9-11-21)32-19-6-4-3-5-7-19/h2,4,6-14H,1,3,5,15-17H2,(H2,27,31). The maximum absolute atomic E-state index is 11.9. The first-order valence-corrected chi connectivity index (χ1v) is 10.8. The van der Waals surface area contributed by atoms with Crippen molar-refractivity contribution >= 4 is 17.4 Å². The second-order valence-corrected chi connectivity index (χ2v) is 7.64. The Morgan fingerprint density at radius 2 is 1.79 bits per heavy atom. The summed E-state index contributed by atoms with van der Waals surface area (Å²) in [7, 11) is 0. The molecule has 1 aromatic carbocycles. The Labute approximate surface area is 192 Å². The number of nitrogens with two attached hydrogens (primary N) is 1. The van der Waals surface area contributed by atoms with E-state index in [1.807, 2.05) is 18.2 Å².